The topological polar surface area (TPSA) is 84.8 Å². The molecule has 1 saturated carbocycles. The van der Waals surface area contributed by atoms with Gasteiger partial charge in [0.05, 0.1) is 17.5 Å². The normalized spacial score (nSPS) is 20.4. The van der Waals surface area contributed by atoms with Gasteiger partial charge in [-0.2, -0.15) is 0 Å². The molecule has 26 heavy (non-hydrogen) atoms. The van der Waals surface area contributed by atoms with Crippen LogP contribution in [0.5, 0.6) is 5.75 Å². The van der Waals surface area contributed by atoms with Crippen molar-refractivity contribution in [2.75, 3.05) is 11.9 Å². The number of rotatable bonds is 4. The van der Waals surface area contributed by atoms with Crippen molar-refractivity contribution in [3.8, 4) is 5.75 Å². The number of hydrazine groups is 1. The third-order valence-corrected chi connectivity index (χ3v) is 5.13. The van der Waals surface area contributed by atoms with Crippen LogP contribution in [0, 0.1) is 5.82 Å². The van der Waals surface area contributed by atoms with Crippen molar-refractivity contribution in [2.45, 2.75) is 58.1 Å². The van der Waals surface area contributed by atoms with E-state index in [1.54, 1.807) is 7.05 Å². The fourth-order valence-corrected chi connectivity index (χ4v) is 3.63. The molecule has 7 heteroatoms. The Morgan fingerprint density at radius 2 is 2.12 bits per heavy atom. The van der Waals surface area contributed by atoms with Crippen LogP contribution in [0.2, 0.25) is 0 Å². The number of hydrogen-bond donors (Lipinski definition) is 2. The Morgan fingerprint density at radius 1 is 1.42 bits per heavy atom. The third kappa shape index (κ3) is 3.35. The van der Waals surface area contributed by atoms with Gasteiger partial charge in [0.1, 0.15) is 11.6 Å². The SMILES string of the molecule is CC(=O)N1c2c(F)cc(/C(N)=C/N(C)N)c(OC3CCC3)c2CCC1C. The van der Waals surface area contributed by atoms with Crippen molar-refractivity contribution in [3.63, 3.8) is 0 Å². The second-order valence-electron chi connectivity index (χ2n) is 7.26. The maximum atomic E-state index is 15.0. The van der Waals surface area contributed by atoms with Crippen molar-refractivity contribution in [1.29, 1.82) is 0 Å². The van der Waals surface area contributed by atoms with E-state index in [-0.39, 0.29) is 18.1 Å². The van der Waals surface area contributed by atoms with Gasteiger partial charge in [0.2, 0.25) is 5.91 Å². The smallest absolute Gasteiger partial charge is 0.224 e. The van der Waals surface area contributed by atoms with E-state index in [1.165, 1.54) is 29.1 Å². The Morgan fingerprint density at radius 3 is 2.65 bits per heavy atom. The van der Waals surface area contributed by atoms with E-state index in [1.807, 2.05) is 6.92 Å². The molecule has 1 unspecified atom stereocenters. The lowest BCUT2D eigenvalue weighted by Gasteiger charge is -2.37. The number of carbonyl (C=O) groups is 1. The average molecular weight is 362 g/mol. The van der Waals surface area contributed by atoms with Crippen LogP contribution in [0.3, 0.4) is 0 Å². The van der Waals surface area contributed by atoms with Crippen molar-refractivity contribution in [3.05, 3.63) is 29.2 Å². The maximum absolute atomic E-state index is 15.0. The van der Waals surface area contributed by atoms with Crippen LogP contribution in [0.1, 0.15) is 50.7 Å². The number of halogens is 1. The molecule has 6 nitrogen and oxygen atoms in total. The predicted octanol–water partition coefficient (Wildman–Crippen LogP) is 2.51. The molecule has 142 valence electrons. The predicted molar refractivity (Wildman–Crippen MR) is 99.7 cm³/mol. The first-order chi connectivity index (χ1) is 12.3. The summed E-state index contributed by atoms with van der Waals surface area (Å²) in [5.74, 6) is 5.61. The molecule has 1 amide bonds. The monoisotopic (exact) mass is 362 g/mol. The molecule has 1 atom stereocenters. The number of ether oxygens (including phenoxy) is 1. The van der Waals surface area contributed by atoms with Gasteiger partial charge in [-0.15, -0.1) is 0 Å². The van der Waals surface area contributed by atoms with E-state index in [4.69, 9.17) is 16.3 Å². The molecule has 3 rings (SSSR count). The zero-order chi connectivity index (χ0) is 19.0. The second-order valence-corrected chi connectivity index (χ2v) is 7.26. The van der Waals surface area contributed by atoms with Gasteiger partial charge in [0, 0.05) is 37.3 Å². The molecule has 4 N–H and O–H groups in total. The van der Waals surface area contributed by atoms with Crippen LogP contribution in [0.15, 0.2) is 12.3 Å². The maximum Gasteiger partial charge on any atom is 0.224 e. The molecular weight excluding hydrogens is 335 g/mol. The lowest BCUT2D eigenvalue weighted by molar-refractivity contribution is -0.117. The lowest BCUT2D eigenvalue weighted by atomic mass is 9.91. The number of amides is 1. The first kappa shape index (κ1) is 18.5. The zero-order valence-electron chi connectivity index (χ0n) is 15.6. The van der Waals surface area contributed by atoms with Gasteiger partial charge in [-0.3, -0.25) is 4.79 Å². The minimum absolute atomic E-state index is 0.0556. The third-order valence-electron chi connectivity index (χ3n) is 5.13. The van der Waals surface area contributed by atoms with Crippen LogP contribution in [-0.2, 0) is 11.2 Å². The minimum Gasteiger partial charge on any atom is -0.489 e. The van der Waals surface area contributed by atoms with Crippen LogP contribution < -0.4 is 21.2 Å². The van der Waals surface area contributed by atoms with E-state index in [0.717, 1.165) is 31.2 Å². The van der Waals surface area contributed by atoms with Crippen molar-refractivity contribution < 1.29 is 13.9 Å². The largest absolute Gasteiger partial charge is 0.489 e. The van der Waals surface area contributed by atoms with E-state index in [0.29, 0.717) is 29.1 Å². The zero-order valence-corrected chi connectivity index (χ0v) is 15.6. The van der Waals surface area contributed by atoms with Gasteiger partial charge >= 0.3 is 0 Å². The van der Waals surface area contributed by atoms with E-state index >= 15 is 4.39 Å². The standard InChI is InChI=1S/C19H27FN4O2/c1-11-7-8-14-18(24(11)12(2)25)16(20)9-15(17(21)10-23(3)22)19(14)26-13-5-4-6-13/h9-11,13H,4-8,21-22H2,1-3H3/b17-10-. The van der Waals surface area contributed by atoms with E-state index in [2.05, 4.69) is 0 Å². The summed E-state index contributed by atoms with van der Waals surface area (Å²) in [6, 6.07) is 1.30. The highest BCUT2D eigenvalue weighted by molar-refractivity contribution is 5.95. The average Bonchev–Trinajstić information content (AvgIpc) is 2.51. The highest BCUT2D eigenvalue weighted by atomic mass is 19.1. The molecule has 1 aromatic carbocycles. The molecule has 1 aliphatic carbocycles. The number of nitrogens with two attached hydrogens (primary N) is 2. The number of nitrogens with zero attached hydrogens (tertiary/aromatic N) is 2. The second kappa shape index (κ2) is 7.15. The van der Waals surface area contributed by atoms with Gasteiger partial charge < -0.3 is 20.4 Å². The number of benzene rings is 1. The summed E-state index contributed by atoms with van der Waals surface area (Å²) in [5.41, 5.74) is 8.03. The Kier molecular flexibility index (Phi) is 5.09. The van der Waals surface area contributed by atoms with Crippen molar-refractivity contribution in [1.82, 2.24) is 5.01 Å². The first-order valence-electron chi connectivity index (χ1n) is 9.06. The van der Waals surface area contributed by atoms with Gasteiger partial charge in [0.25, 0.3) is 0 Å². The number of anilines is 1. The molecule has 0 saturated heterocycles. The van der Waals surface area contributed by atoms with Crippen molar-refractivity contribution >= 4 is 17.3 Å². The van der Waals surface area contributed by atoms with Crippen molar-refractivity contribution in [2.24, 2.45) is 11.6 Å². The molecule has 0 bridgehead atoms. The first-order valence-corrected chi connectivity index (χ1v) is 9.06. The van der Waals surface area contributed by atoms with Gasteiger partial charge in [-0.05, 0) is 45.1 Å². The summed E-state index contributed by atoms with van der Waals surface area (Å²) in [6.45, 7) is 3.39. The fraction of sp³-hybridized carbons (Fsp3) is 0.526. The molecule has 0 spiro atoms. The van der Waals surface area contributed by atoms with E-state index in [9.17, 15) is 4.79 Å². The van der Waals surface area contributed by atoms with Crippen LogP contribution in [0.4, 0.5) is 10.1 Å². The summed E-state index contributed by atoms with van der Waals surface area (Å²) < 4.78 is 21.3. The number of fused-ring (bicyclic) bond motifs is 1. The summed E-state index contributed by atoms with van der Waals surface area (Å²) >= 11 is 0. The highest BCUT2D eigenvalue weighted by Crippen LogP contribution is 2.44. The summed E-state index contributed by atoms with van der Waals surface area (Å²) in [6.07, 6.45) is 6.09. The Bertz CT molecular complexity index is 744. The number of carbonyl (C=O) groups excluding carboxylic acids is 1. The highest BCUT2D eigenvalue weighted by Gasteiger charge is 2.34. The lowest BCUT2D eigenvalue weighted by Crippen LogP contribution is -2.42. The van der Waals surface area contributed by atoms with Crippen LogP contribution in [-0.4, -0.2) is 30.1 Å². The number of hydrogen-bond acceptors (Lipinski definition) is 5. The molecule has 1 fully saturated rings. The van der Waals surface area contributed by atoms with Gasteiger partial charge in [-0.25, -0.2) is 10.2 Å². The summed E-state index contributed by atoms with van der Waals surface area (Å²) in [7, 11) is 1.65. The molecule has 0 radical (unpaired) electrons. The molecular formula is C19H27FN4O2. The molecule has 2 aliphatic rings. The summed E-state index contributed by atoms with van der Waals surface area (Å²) in [5, 5.41) is 1.32. The molecule has 0 aromatic heterocycles. The summed E-state index contributed by atoms with van der Waals surface area (Å²) in [4.78, 5) is 13.7. The van der Waals surface area contributed by atoms with Crippen LogP contribution >= 0.6 is 0 Å². The Hall–Kier alpha value is -2.28. The Labute approximate surface area is 153 Å². The van der Waals surface area contributed by atoms with E-state index < -0.39 is 5.82 Å². The molecule has 1 aromatic rings. The van der Waals surface area contributed by atoms with Gasteiger partial charge in [0.15, 0.2) is 0 Å². The van der Waals surface area contributed by atoms with Gasteiger partial charge in [-0.1, -0.05) is 0 Å². The minimum atomic E-state index is -0.464. The van der Waals surface area contributed by atoms with Crippen LogP contribution in [0.25, 0.3) is 5.70 Å². The fourth-order valence-electron chi connectivity index (χ4n) is 3.63. The quantitative estimate of drug-likeness (QED) is 0.635. The molecule has 1 aliphatic heterocycles. The molecule has 1 heterocycles. The Balaban J connectivity index is 2.18.